The van der Waals surface area contributed by atoms with E-state index < -0.39 is 0 Å². The molecule has 146 valence electrons. The number of thiophene rings is 1. The SMILES string of the molecule is COc1cc(/C=C/C(=O)N2CC[NH+](Cc3ccsc3)CC2)ccc1OCC#N. The lowest BCUT2D eigenvalue weighted by Gasteiger charge is -2.31. The van der Waals surface area contributed by atoms with E-state index in [9.17, 15) is 4.79 Å². The zero-order chi connectivity index (χ0) is 19.8. The van der Waals surface area contributed by atoms with E-state index in [1.165, 1.54) is 10.5 Å². The number of hydrogen-bond donors (Lipinski definition) is 1. The fraction of sp³-hybridized carbons (Fsp3) is 0.333. The third-order valence-electron chi connectivity index (χ3n) is 4.71. The third-order valence-corrected chi connectivity index (χ3v) is 5.45. The van der Waals surface area contributed by atoms with Crippen molar-refractivity contribution in [3.8, 4) is 17.6 Å². The number of benzene rings is 1. The van der Waals surface area contributed by atoms with Crippen LogP contribution in [0.3, 0.4) is 0 Å². The minimum atomic E-state index is -0.0373. The Morgan fingerprint density at radius 1 is 1.32 bits per heavy atom. The van der Waals surface area contributed by atoms with E-state index in [0.717, 1.165) is 38.3 Å². The smallest absolute Gasteiger partial charge is 0.246 e. The zero-order valence-corrected chi connectivity index (χ0v) is 16.7. The highest BCUT2D eigenvalue weighted by Gasteiger charge is 2.22. The van der Waals surface area contributed by atoms with Crippen LogP contribution in [-0.4, -0.2) is 50.7 Å². The molecule has 2 heterocycles. The molecule has 1 fully saturated rings. The highest BCUT2D eigenvalue weighted by Crippen LogP contribution is 2.28. The molecule has 0 atom stereocenters. The predicted octanol–water partition coefficient (Wildman–Crippen LogP) is 1.60. The Balaban J connectivity index is 1.53. The Labute approximate surface area is 169 Å². The van der Waals surface area contributed by atoms with Crippen molar-refractivity contribution < 1.29 is 19.2 Å². The molecule has 7 heteroatoms. The molecule has 1 aromatic carbocycles. The van der Waals surface area contributed by atoms with Crippen LogP contribution in [0.15, 0.2) is 41.1 Å². The van der Waals surface area contributed by atoms with Crippen LogP contribution in [0.5, 0.6) is 11.5 Å². The van der Waals surface area contributed by atoms with Gasteiger partial charge in [0.15, 0.2) is 18.1 Å². The van der Waals surface area contributed by atoms with Crippen LogP contribution in [0.1, 0.15) is 11.1 Å². The molecule has 1 aliphatic heterocycles. The van der Waals surface area contributed by atoms with Gasteiger partial charge in [-0.05, 0) is 40.6 Å². The van der Waals surface area contributed by atoms with Crippen LogP contribution in [0.25, 0.3) is 6.08 Å². The molecule has 0 spiro atoms. The lowest BCUT2D eigenvalue weighted by Crippen LogP contribution is -3.13. The van der Waals surface area contributed by atoms with Gasteiger partial charge in [0, 0.05) is 11.6 Å². The van der Waals surface area contributed by atoms with Crippen molar-refractivity contribution in [1.29, 1.82) is 5.26 Å². The third kappa shape index (κ3) is 5.35. The van der Waals surface area contributed by atoms with E-state index in [2.05, 4.69) is 16.8 Å². The molecule has 6 nitrogen and oxygen atoms in total. The molecule has 1 amide bonds. The van der Waals surface area contributed by atoms with Crippen LogP contribution in [-0.2, 0) is 11.3 Å². The molecule has 0 bridgehead atoms. The fourth-order valence-corrected chi connectivity index (χ4v) is 3.86. The molecule has 0 aliphatic carbocycles. The van der Waals surface area contributed by atoms with Crippen molar-refractivity contribution >= 4 is 23.3 Å². The van der Waals surface area contributed by atoms with E-state index in [4.69, 9.17) is 14.7 Å². The van der Waals surface area contributed by atoms with Gasteiger partial charge in [-0.1, -0.05) is 6.07 Å². The molecule has 3 rings (SSSR count). The summed E-state index contributed by atoms with van der Waals surface area (Å²) in [7, 11) is 1.55. The topological polar surface area (TPSA) is 67.0 Å². The molecule has 1 aromatic heterocycles. The van der Waals surface area contributed by atoms with Gasteiger partial charge in [0.05, 0.1) is 33.3 Å². The summed E-state index contributed by atoms with van der Waals surface area (Å²) in [5, 5.41) is 12.9. The Bertz CT molecular complexity index is 850. The molecule has 2 aromatic rings. The molecule has 1 aliphatic rings. The number of amides is 1. The van der Waals surface area contributed by atoms with Gasteiger partial charge < -0.3 is 19.3 Å². The second-order valence-electron chi connectivity index (χ2n) is 6.57. The van der Waals surface area contributed by atoms with Gasteiger partial charge in [-0.15, -0.1) is 0 Å². The van der Waals surface area contributed by atoms with Gasteiger partial charge >= 0.3 is 0 Å². The number of nitrogens with one attached hydrogen (secondary N) is 1. The second-order valence-corrected chi connectivity index (χ2v) is 7.35. The van der Waals surface area contributed by atoms with Gasteiger partial charge in [0.2, 0.25) is 5.91 Å². The van der Waals surface area contributed by atoms with Crippen LogP contribution in [0.2, 0.25) is 0 Å². The maximum Gasteiger partial charge on any atom is 0.246 e. The van der Waals surface area contributed by atoms with E-state index in [-0.39, 0.29) is 12.5 Å². The summed E-state index contributed by atoms with van der Waals surface area (Å²) in [5.41, 5.74) is 2.21. The highest BCUT2D eigenvalue weighted by molar-refractivity contribution is 7.07. The van der Waals surface area contributed by atoms with Gasteiger partial charge in [-0.2, -0.15) is 16.6 Å². The van der Waals surface area contributed by atoms with Gasteiger partial charge in [0.1, 0.15) is 12.6 Å². The minimum Gasteiger partial charge on any atom is -0.493 e. The lowest BCUT2D eigenvalue weighted by molar-refractivity contribution is -0.917. The summed E-state index contributed by atoms with van der Waals surface area (Å²) in [5.74, 6) is 1.08. The summed E-state index contributed by atoms with van der Waals surface area (Å²) >= 11 is 1.73. The number of ether oxygens (including phenoxy) is 2. The average molecular weight is 399 g/mol. The first kappa shape index (κ1) is 19.9. The van der Waals surface area contributed by atoms with Gasteiger partial charge in [-0.25, -0.2) is 0 Å². The number of piperazine rings is 1. The Morgan fingerprint density at radius 3 is 2.82 bits per heavy atom. The van der Waals surface area contributed by atoms with Crippen LogP contribution < -0.4 is 14.4 Å². The lowest BCUT2D eigenvalue weighted by atomic mass is 10.1. The quantitative estimate of drug-likeness (QED) is 0.720. The average Bonchev–Trinajstić information content (AvgIpc) is 3.24. The zero-order valence-electron chi connectivity index (χ0n) is 15.9. The first-order valence-corrected chi connectivity index (χ1v) is 10.1. The van der Waals surface area contributed by atoms with Gasteiger partial charge in [-0.3, -0.25) is 4.79 Å². The van der Waals surface area contributed by atoms with Crippen molar-refractivity contribution in [2.24, 2.45) is 0 Å². The molecule has 28 heavy (non-hydrogen) atoms. The molecule has 0 saturated carbocycles. The van der Waals surface area contributed by atoms with Crippen LogP contribution >= 0.6 is 11.3 Å². The molecule has 1 N–H and O–H groups in total. The standard InChI is InChI=1S/C21H23N3O3S/c1-26-20-14-17(2-4-19(20)27-12-7-22)3-5-21(25)24-10-8-23(9-11-24)15-18-6-13-28-16-18/h2-6,13-14,16H,8-12,15H2,1H3/p+1/b5-3+. The number of carbonyl (C=O) groups is 1. The number of methoxy groups -OCH3 is 1. The van der Waals surface area contributed by atoms with Crippen molar-refractivity contribution in [3.05, 3.63) is 52.2 Å². The summed E-state index contributed by atoms with van der Waals surface area (Å²) in [6.07, 6.45) is 3.39. The van der Waals surface area contributed by atoms with Crippen molar-refractivity contribution in [2.45, 2.75) is 6.54 Å². The molecule has 0 unspecified atom stereocenters. The number of rotatable bonds is 7. The number of nitrogens with zero attached hydrogens (tertiary/aromatic N) is 2. The largest absolute Gasteiger partial charge is 0.493 e. The van der Waals surface area contributed by atoms with E-state index in [1.807, 2.05) is 17.0 Å². The van der Waals surface area contributed by atoms with Gasteiger partial charge in [0.25, 0.3) is 0 Å². The molecule has 0 radical (unpaired) electrons. The fourth-order valence-electron chi connectivity index (χ4n) is 3.19. The van der Waals surface area contributed by atoms with E-state index in [0.29, 0.717) is 11.5 Å². The number of quaternary nitrogens is 1. The predicted molar refractivity (Wildman–Crippen MR) is 108 cm³/mol. The van der Waals surface area contributed by atoms with E-state index >= 15 is 0 Å². The van der Waals surface area contributed by atoms with Crippen molar-refractivity contribution in [1.82, 2.24) is 4.90 Å². The number of carbonyl (C=O) groups excluding carboxylic acids is 1. The Kier molecular flexibility index (Phi) is 7.06. The minimum absolute atomic E-state index is 0.0263. The van der Waals surface area contributed by atoms with E-state index in [1.54, 1.807) is 42.7 Å². The normalized spacial score (nSPS) is 14.8. The van der Waals surface area contributed by atoms with Crippen LogP contribution in [0.4, 0.5) is 0 Å². The summed E-state index contributed by atoms with van der Waals surface area (Å²) in [4.78, 5) is 15.9. The van der Waals surface area contributed by atoms with Crippen molar-refractivity contribution in [3.63, 3.8) is 0 Å². The molecular weight excluding hydrogens is 374 g/mol. The maximum atomic E-state index is 12.5. The summed E-state index contributed by atoms with van der Waals surface area (Å²) in [6, 6.07) is 9.47. The molecular formula is C21H24N3O3S+. The highest BCUT2D eigenvalue weighted by atomic mass is 32.1. The maximum absolute atomic E-state index is 12.5. The number of nitriles is 1. The van der Waals surface area contributed by atoms with Crippen molar-refractivity contribution in [2.75, 3.05) is 39.9 Å². The molecule has 1 saturated heterocycles. The summed E-state index contributed by atoms with van der Waals surface area (Å²) in [6.45, 7) is 4.47. The first-order valence-electron chi connectivity index (χ1n) is 9.19. The second kappa shape index (κ2) is 9.93. The monoisotopic (exact) mass is 398 g/mol. The number of hydrogen-bond acceptors (Lipinski definition) is 5. The summed E-state index contributed by atoms with van der Waals surface area (Å²) < 4.78 is 10.6. The first-order chi connectivity index (χ1) is 13.7. The van der Waals surface area contributed by atoms with Crippen LogP contribution in [0, 0.1) is 11.3 Å². The Morgan fingerprint density at radius 2 is 2.14 bits per heavy atom. The Hall–Kier alpha value is -2.82.